The van der Waals surface area contributed by atoms with Crippen LogP contribution in [0.2, 0.25) is 5.02 Å². The van der Waals surface area contributed by atoms with E-state index in [1.807, 2.05) is 43.7 Å². The quantitative estimate of drug-likeness (QED) is 0.603. The molecule has 1 aromatic carbocycles. The van der Waals surface area contributed by atoms with E-state index in [0.29, 0.717) is 36.5 Å². The summed E-state index contributed by atoms with van der Waals surface area (Å²) in [7, 11) is 0. The molecule has 0 spiro atoms. The molecule has 1 aliphatic rings. The number of aryl methyl sites for hydroxylation is 1. The molecule has 2 aromatic rings. The summed E-state index contributed by atoms with van der Waals surface area (Å²) in [5, 5.41) is 10.8. The Hall–Kier alpha value is -2.06. The topological polar surface area (TPSA) is 85.2 Å². The number of hydrogen-bond acceptors (Lipinski definition) is 4. The van der Waals surface area contributed by atoms with Crippen molar-refractivity contribution in [2.75, 3.05) is 13.1 Å². The molecule has 1 aromatic heterocycles. The Morgan fingerprint density at radius 3 is 2.84 bits per heavy atom. The fourth-order valence-electron chi connectivity index (χ4n) is 3.55. The number of aromatic nitrogens is 2. The van der Waals surface area contributed by atoms with Gasteiger partial charge in [0.2, 0.25) is 0 Å². The van der Waals surface area contributed by atoms with Crippen LogP contribution < -0.4 is 10.6 Å². The summed E-state index contributed by atoms with van der Waals surface area (Å²) in [4.78, 5) is 24.7. The summed E-state index contributed by atoms with van der Waals surface area (Å²) in [6.07, 6.45) is 3.40. The van der Waals surface area contributed by atoms with E-state index >= 15 is 0 Å². The first kappa shape index (κ1) is 23.6. The van der Waals surface area contributed by atoms with Gasteiger partial charge in [0.15, 0.2) is 0 Å². The van der Waals surface area contributed by atoms with E-state index in [1.165, 1.54) is 0 Å². The van der Waals surface area contributed by atoms with Gasteiger partial charge in [-0.05, 0) is 73.5 Å². The van der Waals surface area contributed by atoms with E-state index in [2.05, 4.69) is 31.7 Å². The lowest BCUT2D eigenvalue weighted by molar-refractivity contribution is 0.0516. The van der Waals surface area contributed by atoms with Gasteiger partial charge in [0, 0.05) is 24.1 Å². The Balaban J connectivity index is 1.54. The zero-order valence-corrected chi connectivity index (χ0v) is 20.3. The minimum atomic E-state index is -0.527. The van der Waals surface area contributed by atoms with Crippen molar-refractivity contribution in [1.29, 1.82) is 0 Å². The Labute approximate surface area is 196 Å². The zero-order valence-electron chi connectivity index (χ0n) is 18.0. The van der Waals surface area contributed by atoms with Crippen molar-refractivity contribution >= 4 is 39.5 Å². The molecule has 0 bridgehead atoms. The zero-order chi connectivity index (χ0) is 22.6. The minimum absolute atomic E-state index is 0.145. The lowest BCUT2D eigenvalue weighted by Crippen LogP contribution is -2.37. The second-order valence-corrected chi connectivity index (χ2v) is 9.92. The van der Waals surface area contributed by atoms with Gasteiger partial charge in [0.05, 0.1) is 22.5 Å². The lowest BCUT2D eigenvalue weighted by Gasteiger charge is -2.25. The third-order valence-electron chi connectivity index (χ3n) is 5.07. The molecule has 0 radical (unpaired) electrons. The number of nitrogens with one attached hydrogen (secondary N) is 2. The molecule has 9 heteroatoms. The Morgan fingerprint density at radius 2 is 2.10 bits per heavy atom. The number of halogens is 2. The van der Waals surface area contributed by atoms with Crippen molar-refractivity contribution < 1.29 is 14.3 Å². The van der Waals surface area contributed by atoms with E-state index in [9.17, 15) is 9.59 Å². The van der Waals surface area contributed by atoms with Gasteiger partial charge in [0.1, 0.15) is 5.60 Å². The van der Waals surface area contributed by atoms with E-state index < -0.39 is 11.7 Å². The minimum Gasteiger partial charge on any atom is -0.444 e. The van der Waals surface area contributed by atoms with Crippen molar-refractivity contribution in [2.24, 2.45) is 5.92 Å². The molecule has 2 amide bonds. The molecular weight excluding hydrogens is 484 g/mol. The van der Waals surface area contributed by atoms with Gasteiger partial charge in [-0.1, -0.05) is 23.7 Å². The summed E-state index contributed by atoms with van der Waals surface area (Å²) >= 11 is 9.71. The fraction of sp³-hybridized carbons (Fsp3) is 0.500. The summed E-state index contributed by atoms with van der Waals surface area (Å²) < 4.78 is 8.02. The van der Waals surface area contributed by atoms with E-state index in [0.717, 1.165) is 28.7 Å². The average molecular weight is 512 g/mol. The van der Waals surface area contributed by atoms with Crippen molar-refractivity contribution in [3.63, 3.8) is 0 Å². The van der Waals surface area contributed by atoms with Crippen molar-refractivity contribution in [2.45, 2.75) is 52.2 Å². The number of hydrogen-bond donors (Lipinski definition) is 2. The van der Waals surface area contributed by atoms with Crippen LogP contribution in [0.15, 0.2) is 28.9 Å². The molecule has 1 atom stereocenters. The van der Waals surface area contributed by atoms with Gasteiger partial charge in [-0.25, -0.2) is 4.79 Å². The van der Waals surface area contributed by atoms with Crippen LogP contribution in [0.25, 0.3) is 0 Å². The molecule has 1 aliphatic heterocycles. The molecule has 0 fully saturated rings. The molecule has 168 valence electrons. The predicted octanol–water partition coefficient (Wildman–Crippen LogP) is 4.36. The Bertz CT molecular complexity index is 955. The molecule has 0 saturated carbocycles. The van der Waals surface area contributed by atoms with Crippen LogP contribution in [0.1, 0.15) is 48.8 Å². The van der Waals surface area contributed by atoms with Crippen molar-refractivity contribution in [3.05, 3.63) is 50.7 Å². The van der Waals surface area contributed by atoms with Crippen LogP contribution in [0.3, 0.4) is 0 Å². The first-order valence-electron chi connectivity index (χ1n) is 10.4. The van der Waals surface area contributed by atoms with Gasteiger partial charge in [0.25, 0.3) is 5.91 Å². The molecular formula is C22H28BrClN4O3. The number of nitrogens with zero attached hydrogens (tertiary/aromatic N) is 2. The molecule has 31 heavy (non-hydrogen) atoms. The SMILES string of the molecule is CC(C)(C)OC(=O)NCC1CCn2ncc(C(=O)NCCc3cccc(Br)c3Cl)c2C1. The summed E-state index contributed by atoms with van der Waals surface area (Å²) in [6.45, 7) is 7.20. The van der Waals surface area contributed by atoms with Crippen LogP contribution in [-0.4, -0.2) is 40.5 Å². The highest BCUT2D eigenvalue weighted by Crippen LogP contribution is 2.26. The molecule has 2 heterocycles. The third kappa shape index (κ3) is 6.46. The van der Waals surface area contributed by atoms with Crippen molar-refractivity contribution in [1.82, 2.24) is 20.4 Å². The molecule has 0 aliphatic carbocycles. The maximum atomic E-state index is 12.8. The predicted molar refractivity (Wildman–Crippen MR) is 123 cm³/mol. The molecule has 3 rings (SSSR count). The maximum Gasteiger partial charge on any atom is 0.407 e. The normalized spacial score (nSPS) is 15.8. The first-order chi connectivity index (χ1) is 14.6. The number of rotatable bonds is 6. The molecule has 1 unspecified atom stereocenters. The summed E-state index contributed by atoms with van der Waals surface area (Å²) in [5.74, 6) is 0.0804. The van der Waals surface area contributed by atoms with Gasteiger partial charge in [-0.2, -0.15) is 5.10 Å². The largest absolute Gasteiger partial charge is 0.444 e. The fourth-order valence-corrected chi connectivity index (χ4v) is 4.18. The lowest BCUT2D eigenvalue weighted by atomic mass is 9.94. The van der Waals surface area contributed by atoms with Crippen LogP contribution in [0, 0.1) is 5.92 Å². The monoisotopic (exact) mass is 510 g/mol. The number of fused-ring (bicyclic) bond motifs is 1. The highest BCUT2D eigenvalue weighted by atomic mass is 79.9. The van der Waals surface area contributed by atoms with E-state index in [1.54, 1.807) is 6.20 Å². The highest BCUT2D eigenvalue weighted by Gasteiger charge is 2.26. The average Bonchev–Trinajstić information content (AvgIpc) is 3.11. The van der Waals surface area contributed by atoms with Crippen LogP contribution >= 0.6 is 27.5 Å². The maximum absolute atomic E-state index is 12.8. The van der Waals surface area contributed by atoms with E-state index in [-0.39, 0.29) is 11.8 Å². The first-order valence-corrected chi connectivity index (χ1v) is 11.5. The second-order valence-electron chi connectivity index (χ2n) is 8.69. The number of benzene rings is 1. The van der Waals surface area contributed by atoms with Gasteiger partial charge in [-0.3, -0.25) is 9.48 Å². The third-order valence-corrected chi connectivity index (χ3v) is 6.41. The van der Waals surface area contributed by atoms with Gasteiger partial charge in [-0.15, -0.1) is 0 Å². The summed E-state index contributed by atoms with van der Waals surface area (Å²) in [5.41, 5.74) is 1.94. The highest BCUT2D eigenvalue weighted by molar-refractivity contribution is 9.10. The smallest absolute Gasteiger partial charge is 0.407 e. The molecule has 2 N–H and O–H groups in total. The summed E-state index contributed by atoms with van der Waals surface area (Å²) in [6, 6.07) is 5.76. The van der Waals surface area contributed by atoms with Gasteiger partial charge < -0.3 is 15.4 Å². The van der Waals surface area contributed by atoms with Crippen LogP contribution in [0.5, 0.6) is 0 Å². The van der Waals surface area contributed by atoms with E-state index in [4.69, 9.17) is 16.3 Å². The second kappa shape index (κ2) is 10.0. The number of alkyl carbamates (subject to hydrolysis) is 1. The molecule has 7 nitrogen and oxygen atoms in total. The number of carbonyl (C=O) groups excluding carboxylic acids is 2. The number of amides is 2. The number of ether oxygens (including phenoxy) is 1. The van der Waals surface area contributed by atoms with Crippen LogP contribution in [0.4, 0.5) is 4.79 Å². The molecule has 0 saturated heterocycles. The van der Waals surface area contributed by atoms with Gasteiger partial charge >= 0.3 is 6.09 Å². The number of carbonyl (C=O) groups is 2. The Morgan fingerprint density at radius 1 is 1.32 bits per heavy atom. The Kier molecular flexibility index (Phi) is 7.64. The standard InChI is InChI=1S/C22H28BrClN4O3/c1-22(2,3)31-21(30)26-12-14-8-10-28-18(11-14)16(13-27-28)20(29)25-9-7-15-5-4-6-17(23)19(15)24/h4-6,13-14H,7-12H2,1-3H3,(H,25,29)(H,26,30). The van der Waals surface area contributed by atoms with Crippen LogP contribution in [-0.2, 0) is 24.1 Å². The van der Waals surface area contributed by atoms with Crippen molar-refractivity contribution in [3.8, 4) is 0 Å².